The highest BCUT2D eigenvalue weighted by atomic mass is 16.6. The van der Waals surface area contributed by atoms with Crippen molar-refractivity contribution in [3.8, 4) is 11.5 Å². The molecule has 1 aliphatic carbocycles. The second-order valence-corrected chi connectivity index (χ2v) is 9.49. The van der Waals surface area contributed by atoms with Crippen LogP contribution >= 0.6 is 0 Å². The molecule has 2 fully saturated rings. The fraction of sp³-hybridized carbons (Fsp3) is 0.444. The normalized spacial score (nSPS) is 23.3. The first kappa shape index (κ1) is 22.4. The molecule has 1 saturated heterocycles. The van der Waals surface area contributed by atoms with Crippen LogP contribution in [0.4, 0.5) is 5.69 Å². The predicted octanol–water partition coefficient (Wildman–Crippen LogP) is 3.99. The van der Waals surface area contributed by atoms with Crippen molar-refractivity contribution < 1.29 is 23.9 Å². The third kappa shape index (κ3) is 3.73. The smallest absolute Gasteiger partial charge is 0.237 e. The first-order valence-electron chi connectivity index (χ1n) is 12.1. The molecule has 178 valence electrons. The van der Waals surface area contributed by atoms with Gasteiger partial charge in [-0.15, -0.1) is 0 Å². The van der Waals surface area contributed by atoms with E-state index in [1.807, 2.05) is 49.4 Å². The summed E-state index contributed by atoms with van der Waals surface area (Å²) in [5.74, 6) is 0.921. The van der Waals surface area contributed by atoms with E-state index in [9.17, 15) is 14.4 Å². The lowest BCUT2D eigenvalue weighted by atomic mass is 9.72. The Kier molecular flexibility index (Phi) is 5.80. The average molecular weight is 463 g/mol. The van der Waals surface area contributed by atoms with Gasteiger partial charge in [0, 0.05) is 12.1 Å². The van der Waals surface area contributed by atoms with E-state index >= 15 is 0 Å². The zero-order valence-electron chi connectivity index (χ0n) is 19.4. The lowest BCUT2D eigenvalue weighted by Crippen LogP contribution is -2.51. The Labute approximate surface area is 199 Å². The Balaban J connectivity index is 1.38. The van der Waals surface area contributed by atoms with Crippen LogP contribution in [0, 0.1) is 0 Å². The van der Waals surface area contributed by atoms with Crippen molar-refractivity contribution in [1.29, 1.82) is 0 Å². The monoisotopic (exact) mass is 462 g/mol. The summed E-state index contributed by atoms with van der Waals surface area (Å²) in [5, 5.41) is 5.60. The van der Waals surface area contributed by atoms with Gasteiger partial charge >= 0.3 is 0 Å². The lowest BCUT2D eigenvalue weighted by Gasteiger charge is -2.35. The van der Waals surface area contributed by atoms with Crippen LogP contribution in [0.1, 0.15) is 63.0 Å². The summed E-state index contributed by atoms with van der Waals surface area (Å²) in [4.78, 5) is 37.9. The summed E-state index contributed by atoms with van der Waals surface area (Å²) in [6.07, 6.45) is 4.98. The number of ether oxygens (including phenoxy) is 2. The van der Waals surface area contributed by atoms with Crippen molar-refractivity contribution in [3.63, 3.8) is 0 Å². The van der Waals surface area contributed by atoms with E-state index in [-0.39, 0.29) is 17.7 Å². The molecule has 7 heteroatoms. The number of benzene rings is 2. The van der Waals surface area contributed by atoms with Crippen molar-refractivity contribution in [2.24, 2.45) is 0 Å². The minimum atomic E-state index is -0.714. The van der Waals surface area contributed by atoms with Gasteiger partial charge in [0.05, 0.1) is 10.8 Å². The molecule has 2 aliphatic heterocycles. The van der Waals surface area contributed by atoms with E-state index in [4.69, 9.17) is 9.47 Å². The molecule has 5 rings (SSSR count). The first-order valence-corrected chi connectivity index (χ1v) is 12.1. The third-order valence-corrected chi connectivity index (χ3v) is 7.75. The van der Waals surface area contributed by atoms with Crippen molar-refractivity contribution in [1.82, 2.24) is 5.32 Å². The Hall–Kier alpha value is -3.35. The van der Waals surface area contributed by atoms with Crippen LogP contribution in [0.3, 0.4) is 0 Å². The van der Waals surface area contributed by atoms with E-state index in [2.05, 4.69) is 10.6 Å². The zero-order valence-corrected chi connectivity index (χ0v) is 19.4. The number of anilines is 1. The number of imide groups is 1. The molecule has 2 aromatic rings. The van der Waals surface area contributed by atoms with Crippen molar-refractivity contribution >= 4 is 23.4 Å². The van der Waals surface area contributed by atoms with Crippen molar-refractivity contribution in [3.05, 3.63) is 53.6 Å². The van der Waals surface area contributed by atoms with Gasteiger partial charge in [-0.1, -0.05) is 38.0 Å². The van der Waals surface area contributed by atoms with E-state index < -0.39 is 10.8 Å². The number of carbonyl (C=O) groups is 3. The summed E-state index contributed by atoms with van der Waals surface area (Å²) in [6, 6.07) is 13.3. The Bertz CT molecular complexity index is 1120. The number of amides is 3. The van der Waals surface area contributed by atoms with Gasteiger partial charge in [0.25, 0.3) is 0 Å². The number of hydrogen-bond donors (Lipinski definition) is 2. The Morgan fingerprint density at radius 2 is 1.62 bits per heavy atom. The molecule has 2 N–H and O–H groups in total. The highest BCUT2D eigenvalue weighted by Gasteiger charge is 2.44. The molecule has 3 amide bonds. The summed E-state index contributed by atoms with van der Waals surface area (Å²) < 4.78 is 11.4. The topological polar surface area (TPSA) is 93.7 Å². The molecule has 34 heavy (non-hydrogen) atoms. The van der Waals surface area contributed by atoms with Gasteiger partial charge in [-0.25, -0.2) is 0 Å². The number of nitrogens with one attached hydrogen (secondary N) is 2. The molecule has 1 saturated carbocycles. The van der Waals surface area contributed by atoms with Gasteiger partial charge in [0.2, 0.25) is 17.7 Å². The number of hydrogen-bond acceptors (Lipinski definition) is 5. The van der Waals surface area contributed by atoms with Gasteiger partial charge < -0.3 is 14.8 Å². The molecule has 2 heterocycles. The van der Waals surface area contributed by atoms with Crippen LogP contribution < -0.4 is 20.1 Å². The van der Waals surface area contributed by atoms with Gasteiger partial charge in [-0.3, -0.25) is 19.7 Å². The second-order valence-electron chi connectivity index (χ2n) is 9.49. The van der Waals surface area contributed by atoms with Crippen molar-refractivity contribution in [2.75, 3.05) is 18.5 Å². The molecular formula is C27H30N2O5. The summed E-state index contributed by atoms with van der Waals surface area (Å²) >= 11 is 0. The van der Waals surface area contributed by atoms with Crippen LogP contribution in [-0.2, 0) is 25.2 Å². The second kappa shape index (κ2) is 8.78. The molecule has 0 radical (unpaired) electrons. The number of fused-ring (bicyclic) bond motifs is 1. The highest BCUT2D eigenvalue weighted by molar-refractivity contribution is 6.03. The Morgan fingerprint density at radius 1 is 0.941 bits per heavy atom. The van der Waals surface area contributed by atoms with Gasteiger partial charge in [0.15, 0.2) is 11.5 Å². The van der Waals surface area contributed by atoms with Gasteiger partial charge in [0.1, 0.15) is 13.2 Å². The first-order chi connectivity index (χ1) is 16.5. The molecule has 1 atom stereocenters. The molecule has 3 aliphatic rings. The SMILES string of the molecule is CCC1(c2ccc(NC(=O)C3(c4ccc5c(c4)OCCO5)CCCC3)cc2)CCC(=O)NC1=O. The minimum absolute atomic E-state index is 0.0272. The van der Waals surface area contributed by atoms with Crippen LogP contribution in [0.15, 0.2) is 42.5 Å². The molecule has 0 aromatic heterocycles. The summed E-state index contributed by atoms with van der Waals surface area (Å²) in [6.45, 7) is 3.00. The molecule has 7 nitrogen and oxygen atoms in total. The quantitative estimate of drug-likeness (QED) is 0.656. The minimum Gasteiger partial charge on any atom is -0.486 e. The van der Waals surface area contributed by atoms with E-state index in [0.29, 0.717) is 43.9 Å². The fourth-order valence-corrected chi connectivity index (χ4v) is 5.66. The number of rotatable bonds is 5. The maximum Gasteiger partial charge on any atom is 0.237 e. The fourth-order valence-electron chi connectivity index (χ4n) is 5.66. The maximum atomic E-state index is 13.6. The van der Waals surface area contributed by atoms with Crippen LogP contribution in [0.2, 0.25) is 0 Å². The molecule has 0 spiro atoms. The molecule has 2 aromatic carbocycles. The van der Waals surface area contributed by atoms with E-state index in [1.165, 1.54) is 0 Å². The number of piperidine rings is 1. The Morgan fingerprint density at radius 3 is 2.29 bits per heavy atom. The third-order valence-electron chi connectivity index (χ3n) is 7.75. The van der Waals surface area contributed by atoms with E-state index in [0.717, 1.165) is 42.6 Å². The highest BCUT2D eigenvalue weighted by Crippen LogP contribution is 2.45. The van der Waals surface area contributed by atoms with Crippen LogP contribution in [0.25, 0.3) is 0 Å². The van der Waals surface area contributed by atoms with Gasteiger partial charge in [-0.2, -0.15) is 0 Å². The van der Waals surface area contributed by atoms with Crippen LogP contribution in [-0.4, -0.2) is 30.9 Å². The standard InChI is InChI=1S/C27H30N2O5/c1-2-26(14-11-23(30)29-24(26)31)18-5-8-20(9-6-18)28-25(32)27(12-3-4-13-27)19-7-10-21-22(17-19)34-16-15-33-21/h5-10,17H,2-4,11-16H2,1H3,(H,28,32)(H,29,30,31). The zero-order chi connectivity index (χ0) is 23.8. The van der Waals surface area contributed by atoms with Crippen LogP contribution in [0.5, 0.6) is 11.5 Å². The molecular weight excluding hydrogens is 432 g/mol. The maximum absolute atomic E-state index is 13.6. The molecule has 1 unspecified atom stereocenters. The average Bonchev–Trinajstić information content (AvgIpc) is 3.36. The van der Waals surface area contributed by atoms with Gasteiger partial charge in [-0.05, 0) is 61.1 Å². The predicted molar refractivity (Wildman–Crippen MR) is 127 cm³/mol. The summed E-state index contributed by atoms with van der Waals surface area (Å²) in [7, 11) is 0. The lowest BCUT2D eigenvalue weighted by molar-refractivity contribution is -0.138. The summed E-state index contributed by atoms with van der Waals surface area (Å²) in [5.41, 5.74) is 1.19. The molecule has 0 bridgehead atoms. The van der Waals surface area contributed by atoms with E-state index in [1.54, 1.807) is 0 Å². The number of carbonyl (C=O) groups excluding carboxylic acids is 3. The van der Waals surface area contributed by atoms with Crippen molar-refractivity contribution in [2.45, 2.75) is 62.7 Å². The largest absolute Gasteiger partial charge is 0.486 e.